The second kappa shape index (κ2) is 5.44. The van der Waals surface area contributed by atoms with Crippen LogP contribution in [0.1, 0.15) is 35.6 Å². The molecule has 0 fully saturated rings. The van der Waals surface area contributed by atoms with E-state index in [9.17, 15) is 14.4 Å². The Hall–Kier alpha value is -2.18. The second-order valence-electron chi connectivity index (χ2n) is 3.90. The molecule has 0 saturated heterocycles. The van der Waals surface area contributed by atoms with Gasteiger partial charge in [-0.3, -0.25) is 9.59 Å². The van der Waals surface area contributed by atoms with Gasteiger partial charge < -0.3 is 14.4 Å². The molecule has 1 rings (SSSR count). The van der Waals surface area contributed by atoms with Crippen molar-refractivity contribution in [3.8, 4) is 0 Å². The molecule has 0 aliphatic rings. The molecule has 1 atom stereocenters. The number of Topliss-reactive ketones (excluding diaryl/α,β-unsaturated/α-hetero) is 1. The number of carboxylic acid groups (broad SMARTS) is 1. The van der Waals surface area contributed by atoms with Crippen LogP contribution in [0.5, 0.6) is 0 Å². The molecule has 1 heterocycles. The van der Waals surface area contributed by atoms with Crippen LogP contribution in [0, 0.1) is 0 Å². The molecule has 7 heteroatoms. The normalized spacial score (nSPS) is 11.9. The summed E-state index contributed by atoms with van der Waals surface area (Å²) in [5.74, 6) is -3.92. The number of rotatable bonds is 5. The Labute approximate surface area is 103 Å². The zero-order valence-corrected chi connectivity index (χ0v) is 10.3. The molecule has 0 aliphatic carbocycles. The van der Waals surface area contributed by atoms with Gasteiger partial charge in [-0.2, -0.15) is 0 Å². The minimum atomic E-state index is -1.54. The summed E-state index contributed by atoms with van der Waals surface area (Å²) in [5, 5.41) is 8.65. The molecule has 0 bridgehead atoms. The Kier molecular flexibility index (Phi) is 4.19. The van der Waals surface area contributed by atoms with Gasteiger partial charge in [0.25, 0.3) is 11.7 Å². The zero-order valence-electron chi connectivity index (χ0n) is 10.3. The lowest BCUT2D eigenvalue weighted by Crippen LogP contribution is -2.23. The van der Waals surface area contributed by atoms with E-state index < -0.39 is 17.7 Å². The maximum Gasteiger partial charge on any atom is 0.373 e. The van der Waals surface area contributed by atoms with Crippen molar-refractivity contribution in [1.29, 1.82) is 0 Å². The van der Waals surface area contributed by atoms with Gasteiger partial charge in [0.1, 0.15) is 12.2 Å². The monoisotopic (exact) mass is 254 g/mol. The van der Waals surface area contributed by atoms with Gasteiger partial charge in [-0.15, -0.1) is 0 Å². The molecule has 1 aromatic heterocycles. The first-order valence-electron chi connectivity index (χ1n) is 5.32. The van der Waals surface area contributed by atoms with Crippen molar-refractivity contribution >= 4 is 17.7 Å². The molecule has 98 valence electrons. The van der Waals surface area contributed by atoms with Crippen molar-refractivity contribution in [2.45, 2.75) is 19.3 Å². The number of hydrogen-bond donors (Lipinski definition) is 1. The Bertz CT molecular complexity index is 478. The third-order valence-electron chi connectivity index (χ3n) is 2.38. The molecule has 18 heavy (non-hydrogen) atoms. The molecule has 0 aliphatic heterocycles. The van der Waals surface area contributed by atoms with Crippen molar-refractivity contribution in [2.75, 3.05) is 14.1 Å². The van der Waals surface area contributed by atoms with Gasteiger partial charge in [-0.05, 0) is 6.42 Å². The van der Waals surface area contributed by atoms with E-state index in [0.717, 1.165) is 6.26 Å². The highest BCUT2D eigenvalue weighted by molar-refractivity contribution is 6.34. The third kappa shape index (κ3) is 2.73. The fraction of sp³-hybridized carbons (Fsp3) is 0.455. The number of oxazole rings is 1. The van der Waals surface area contributed by atoms with Gasteiger partial charge in [-0.25, -0.2) is 9.78 Å². The predicted octanol–water partition coefficient (Wildman–Crippen LogP) is 0.524. The third-order valence-corrected chi connectivity index (χ3v) is 2.38. The van der Waals surface area contributed by atoms with E-state index in [1.807, 2.05) is 0 Å². The topological polar surface area (TPSA) is 101 Å². The van der Waals surface area contributed by atoms with Gasteiger partial charge in [0.2, 0.25) is 5.89 Å². The smallest absolute Gasteiger partial charge is 0.373 e. The number of carbonyl (C=O) groups is 3. The fourth-order valence-corrected chi connectivity index (χ4v) is 1.40. The van der Waals surface area contributed by atoms with E-state index in [0.29, 0.717) is 0 Å². The molecular weight excluding hydrogens is 240 g/mol. The first-order valence-corrected chi connectivity index (χ1v) is 5.32. The standard InChI is InChI=1S/C11H14N2O5/c1-4-6(8(14)11(16)17)9-12-7(5-18-9)10(15)13(2)3/h5-6H,4H2,1-3H3,(H,16,17)/t6-/m0/s1. The highest BCUT2D eigenvalue weighted by Gasteiger charge is 2.29. The summed E-state index contributed by atoms with van der Waals surface area (Å²) in [6.07, 6.45) is 1.36. The van der Waals surface area contributed by atoms with Gasteiger partial charge in [0, 0.05) is 14.1 Å². The van der Waals surface area contributed by atoms with E-state index in [1.54, 1.807) is 21.0 Å². The second-order valence-corrected chi connectivity index (χ2v) is 3.90. The van der Waals surface area contributed by atoms with Crippen molar-refractivity contribution in [3.63, 3.8) is 0 Å². The lowest BCUT2D eigenvalue weighted by Gasteiger charge is -2.07. The molecule has 0 unspecified atom stereocenters. The summed E-state index contributed by atoms with van der Waals surface area (Å²) in [7, 11) is 3.10. The summed E-state index contributed by atoms with van der Waals surface area (Å²) in [6, 6.07) is 0. The van der Waals surface area contributed by atoms with Gasteiger partial charge >= 0.3 is 5.97 Å². The molecule has 7 nitrogen and oxygen atoms in total. The molecular formula is C11H14N2O5. The van der Waals surface area contributed by atoms with Crippen LogP contribution in [0.25, 0.3) is 0 Å². The number of amides is 1. The van der Waals surface area contributed by atoms with Crippen LogP contribution in [-0.2, 0) is 9.59 Å². The highest BCUT2D eigenvalue weighted by atomic mass is 16.4. The van der Waals surface area contributed by atoms with E-state index in [2.05, 4.69) is 4.98 Å². The van der Waals surface area contributed by atoms with Crippen LogP contribution in [0.15, 0.2) is 10.7 Å². The van der Waals surface area contributed by atoms with Crippen LogP contribution in [-0.4, -0.2) is 46.7 Å². The molecule has 0 radical (unpaired) electrons. The fourth-order valence-electron chi connectivity index (χ4n) is 1.40. The Balaban J connectivity index is 3.00. The SMILES string of the molecule is CC[C@@H](C(=O)C(=O)O)c1nc(C(=O)N(C)C)co1. The number of nitrogens with zero attached hydrogens (tertiary/aromatic N) is 2. The lowest BCUT2D eigenvalue weighted by atomic mass is 10.0. The minimum Gasteiger partial charge on any atom is -0.475 e. The minimum absolute atomic E-state index is 0.0462. The maximum atomic E-state index is 11.6. The summed E-state index contributed by atoms with van der Waals surface area (Å²) in [4.78, 5) is 38.8. The van der Waals surface area contributed by atoms with E-state index in [-0.39, 0.29) is 23.9 Å². The average Bonchev–Trinajstić information content (AvgIpc) is 2.77. The van der Waals surface area contributed by atoms with Crippen LogP contribution in [0.4, 0.5) is 0 Å². The number of carboxylic acids is 1. The number of aliphatic carboxylic acids is 1. The summed E-state index contributed by atoms with van der Waals surface area (Å²) < 4.78 is 5.02. The van der Waals surface area contributed by atoms with Gasteiger partial charge in [0.05, 0.1) is 0 Å². The van der Waals surface area contributed by atoms with Crippen LogP contribution in [0.2, 0.25) is 0 Å². The molecule has 0 saturated carbocycles. The number of carbonyl (C=O) groups excluding carboxylic acids is 2. The molecule has 1 N–H and O–H groups in total. The molecule has 0 spiro atoms. The summed E-state index contributed by atoms with van der Waals surface area (Å²) in [6.45, 7) is 1.64. The molecule has 0 aromatic carbocycles. The number of aromatic nitrogens is 1. The summed E-state index contributed by atoms with van der Waals surface area (Å²) in [5.41, 5.74) is 0.0478. The zero-order chi connectivity index (χ0) is 13.9. The average molecular weight is 254 g/mol. The van der Waals surface area contributed by atoms with Crippen molar-refractivity contribution in [3.05, 3.63) is 17.8 Å². The largest absolute Gasteiger partial charge is 0.475 e. The highest BCUT2D eigenvalue weighted by Crippen LogP contribution is 2.20. The maximum absolute atomic E-state index is 11.6. The summed E-state index contributed by atoms with van der Waals surface area (Å²) >= 11 is 0. The van der Waals surface area contributed by atoms with Crippen molar-refractivity contribution in [1.82, 2.24) is 9.88 Å². The van der Waals surface area contributed by atoms with Crippen LogP contribution < -0.4 is 0 Å². The Morgan fingerprint density at radius 2 is 2.06 bits per heavy atom. The van der Waals surface area contributed by atoms with Crippen LogP contribution >= 0.6 is 0 Å². The van der Waals surface area contributed by atoms with Gasteiger partial charge in [0.15, 0.2) is 5.69 Å². The predicted molar refractivity (Wildman–Crippen MR) is 60.2 cm³/mol. The van der Waals surface area contributed by atoms with Crippen LogP contribution in [0.3, 0.4) is 0 Å². The molecule has 1 aromatic rings. The first kappa shape index (κ1) is 13.9. The Morgan fingerprint density at radius 1 is 1.44 bits per heavy atom. The van der Waals surface area contributed by atoms with Gasteiger partial charge in [-0.1, -0.05) is 6.92 Å². The van der Waals surface area contributed by atoms with E-state index in [4.69, 9.17) is 9.52 Å². The Morgan fingerprint density at radius 3 is 2.50 bits per heavy atom. The number of ketones is 1. The molecule has 1 amide bonds. The number of hydrogen-bond acceptors (Lipinski definition) is 5. The van der Waals surface area contributed by atoms with Crippen molar-refractivity contribution in [2.24, 2.45) is 0 Å². The van der Waals surface area contributed by atoms with E-state index in [1.165, 1.54) is 4.90 Å². The lowest BCUT2D eigenvalue weighted by molar-refractivity contribution is -0.150. The quantitative estimate of drug-likeness (QED) is 0.769. The van der Waals surface area contributed by atoms with E-state index >= 15 is 0 Å². The van der Waals surface area contributed by atoms with Crippen molar-refractivity contribution < 1.29 is 23.9 Å². The first-order chi connectivity index (χ1) is 8.38.